The summed E-state index contributed by atoms with van der Waals surface area (Å²) >= 11 is 0. The topological polar surface area (TPSA) is 54.0 Å². The molecule has 0 atom stereocenters. The molecule has 0 aromatic heterocycles. The number of rotatable bonds is 3. The number of ether oxygens (including phenoxy) is 2. The zero-order valence-corrected chi connectivity index (χ0v) is 9.62. The third kappa shape index (κ3) is 2.51. The fraction of sp³-hybridized carbons (Fsp3) is 0.667. The summed E-state index contributed by atoms with van der Waals surface area (Å²) in [6.07, 6.45) is 0. The van der Waals surface area contributed by atoms with E-state index in [1.165, 1.54) is 14.2 Å². The number of carbonyl (C=O) groups is 1. The molecule has 0 unspecified atom stereocenters. The standard InChI is InChI=1S/C9H15BO5/c1-6-7(10(12-4)13-5)8(11)15-9(2,3)14-6/h1-5H3. The van der Waals surface area contributed by atoms with Crippen molar-refractivity contribution in [3.8, 4) is 0 Å². The normalized spacial score (nSPS) is 19.7. The van der Waals surface area contributed by atoms with Crippen LogP contribution in [0.15, 0.2) is 11.2 Å². The van der Waals surface area contributed by atoms with Crippen molar-refractivity contribution in [1.29, 1.82) is 0 Å². The molecule has 0 amide bonds. The first-order valence-corrected chi connectivity index (χ1v) is 4.60. The summed E-state index contributed by atoms with van der Waals surface area (Å²) < 4.78 is 20.5. The van der Waals surface area contributed by atoms with Gasteiger partial charge in [0.2, 0.25) is 5.79 Å². The van der Waals surface area contributed by atoms with Crippen LogP contribution in [0.25, 0.3) is 0 Å². The smallest absolute Gasteiger partial charge is 0.458 e. The molecule has 0 radical (unpaired) electrons. The van der Waals surface area contributed by atoms with E-state index in [2.05, 4.69) is 0 Å². The van der Waals surface area contributed by atoms with Gasteiger partial charge in [-0.2, -0.15) is 0 Å². The van der Waals surface area contributed by atoms with Gasteiger partial charge in [0.1, 0.15) is 11.2 Å². The van der Waals surface area contributed by atoms with Gasteiger partial charge in [-0.15, -0.1) is 0 Å². The van der Waals surface area contributed by atoms with Gasteiger partial charge in [-0.05, 0) is 6.92 Å². The molecular weight excluding hydrogens is 199 g/mol. The van der Waals surface area contributed by atoms with Crippen LogP contribution in [0.5, 0.6) is 0 Å². The Kier molecular flexibility index (Phi) is 3.41. The average molecular weight is 214 g/mol. The number of cyclic esters (lactones) is 1. The Morgan fingerprint density at radius 3 is 2.13 bits per heavy atom. The van der Waals surface area contributed by atoms with E-state index in [1.807, 2.05) is 0 Å². The Hall–Kier alpha value is -1.01. The molecule has 0 spiro atoms. The van der Waals surface area contributed by atoms with Crippen LogP contribution in [0.4, 0.5) is 0 Å². The van der Waals surface area contributed by atoms with Gasteiger partial charge in [0.05, 0.1) is 0 Å². The van der Waals surface area contributed by atoms with E-state index in [0.717, 1.165) is 0 Å². The Morgan fingerprint density at radius 2 is 1.73 bits per heavy atom. The Bertz CT molecular complexity index is 293. The van der Waals surface area contributed by atoms with Gasteiger partial charge in [0.25, 0.3) is 0 Å². The highest BCUT2D eigenvalue weighted by Gasteiger charge is 2.41. The maximum absolute atomic E-state index is 11.7. The zero-order valence-electron chi connectivity index (χ0n) is 9.62. The minimum atomic E-state index is -0.934. The largest absolute Gasteiger partial charge is 0.504 e. The van der Waals surface area contributed by atoms with Crippen LogP contribution in [0.1, 0.15) is 20.8 Å². The summed E-state index contributed by atoms with van der Waals surface area (Å²) in [4.78, 5) is 11.7. The lowest BCUT2D eigenvalue weighted by molar-refractivity contribution is -0.206. The van der Waals surface area contributed by atoms with Crippen LogP contribution in [0, 0.1) is 0 Å². The molecule has 0 aromatic carbocycles. The molecule has 0 aliphatic carbocycles. The van der Waals surface area contributed by atoms with Gasteiger partial charge in [-0.3, -0.25) is 0 Å². The first kappa shape index (κ1) is 12.1. The van der Waals surface area contributed by atoms with E-state index in [9.17, 15) is 4.79 Å². The third-order valence-corrected chi connectivity index (χ3v) is 2.00. The minimum absolute atomic E-state index is 0.263. The molecule has 0 N–H and O–H groups in total. The predicted octanol–water partition coefficient (Wildman–Crippen LogP) is 0.890. The maximum atomic E-state index is 11.7. The molecular formula is C9H15BO5. The van der Waals surface area contributed by atoms with Crippen molar-refractivity contribution >= 4 is 13.1 Å². The van der Waals surface area contributed by atoms with Crippen molar-refractivity contribution in [2.75, 3.05) is 14.2 Å². The summed E-state index contributed by atoms with van der Waals surface area (Å²) in [7, 11) is 2.14. The summed E-state index contributed by atoms with van der Waals surface area (Å²) in [6.45, 7) is 5.02. The lowest BCUT2D eigenvalue weighted by Gasteiger charge is -2.32. The summed E-state index contributed by atoms with van der Waals surface area (Å²) in [5, 5.41) is 0. The fourth-order valence-electron chi connectivity index (χ4n) is 1.46. The third-order valence-electron chi connectivity index (χ3n) is 2.00. The Labute approximate surface area is 89.5 Å². The highest BCUT2D eigenvalue weighted by Crippen LogP contribution is 2.27. The molecule has 0 fully saturated rings. The molecule has 1 aliphatic heterocycles. The molecule has 0 saturated heterocycles. The van der Waals surface area contributed by atoms with E-state index in [0.29, 0.717) is 5.76 Å². The lowest BCUT2D eigenvalue weighted by Crippen LogP contribution is -2.41. The summed E-state index contributed by atoms with van der Waals surface area (Å²) in [5.41, 5.74) is 0.263. The van der Waals surface area contributed by atoms with Crippen LogP contribution in [0.2, 0.25) is 0 Å². The first-order valence-electron chi connectivity index (χ1n) is 4.60. The Balaban J connectivity index is 3.01. The molecule has 1 rings (SSSR count). The maximum Gasteiger partial charge on any atom is 0.504 e. The van der Waals surface area contributed by atoms with Crippen molar-refractivity contribution in [1.82, 2.24) is 0 Å². The zero-order chi connectivity index (χ0) is 11.6. The number of carbonyl (C=O) groups excluding carboxylic acids is 1. The second-order valence-corrected chi connectivity index (χ2v) is 3.66. The van der Waals surface area contributed by atoms with Crippen LogP contribution >= 0.6 is 0 Å². The lowest BCUT2D eigenvalue weighted by atomic mass is 9.76. The molecule has 84 valence electrons. The van der Waals surface area contributed by atoms with Gasteiger partial charge >= 0.3 is 13.1 Å². The Morgan fingerprint density at radius 1 is 1.20 bits per heavy atom. The van der Waals surface area contributed by atoms with Crippen LogP contribution in [-0.2, 0) is 23.6 Å². The minimum Gasteiger partial charge on any atom is -0.458 e. The van der Waals surface area contributed by atoms with Crippen molar-refractivity contribution in [3.63, 3.8) is 0 Å². The van der Waals surface area contributed by atoms with E-state index in [4.69, 9.17) is 18.8 Å². The first-order chi connectivity index (χ1) is 6.91. The predicted molar refractivity (Wildman–Crippen MR) is 53.7 cm³/mol. The summed E-state index contributed by atoms with van der Waals surface area (Å²) in [6, 6.07) is 0. The van der Waals surface area contributed by atoms with Crippen LogP contribution < -0.4 is 0 Å². The van der Waals surface area contributed by atoms with E-state index >= 15 is 0 Å². The number of allylic oxidation sites excluding steroid dienone is 1. The van der Waals surface area contributed by atoms with Gasteiger partial charge in [0, 0.05) is 28.1 Å². The molecule has 6 heteroatoms. The monoisotopic (exact) mass is 214 g/mol. The van der Waals surface area contributed by atoms with Crippen molar-refractivity contribution in [3.05, 3.63) is 11.2 Å². The molecule has 15 heavy (non-hydrogen) atoms. The molecule has 1 aliphatic rings. The van der Waals surface area contributed by atoms with Crippen molar-refractivity contribution in [2.24, 2.45) is 0 Å². The van der Waals surface area contributed by atoms with E-state index in [1.54, 1.807) is 20.8 Å². The van der Waals surface area contributed by atoms with E-state index in [-0.39, 0.29) is 5.47 Å². The number of esters is 1. The summed E-state index contributed by atoms with van der Waals surface area (Å²) in [5.74, 6) is -0.945. The molecule has 0 saturated carbocycles. The van der Waals surface area contributed by atoms with Crippen molar-refractivity contribution in [2.45, 2.75) is 26.6 Å². The van der Waals surface area contributed by atoms with E-state index < -0.39 is 18.9 Å². The quantitative estimate of drug-likeness (QED) is 0.515. The number of hydrogen-bond donors (Lipinski definition) is 0. The van der Waals surface area contributed by atoms with Gasteiger partial charge in [-0.1, -0.05) is 0 Å². The highest BCUT2D eigenvalue weighted by atomic mass is 16.7. The fourth-order valence-corrected chi connectivity index (χ4v) is 1.46. The van der Waals surface area contributed by atoms with Gasteiger partial charge < -0.3 is 18.8 Å². The van der Waals surface area contributed by atoms with Gasteiger partial charge in [0.15, 0.2) is 0 Å². The molecule has 0 aromatic rings. The number of hydrogen-bond acceptors (Lipinski definition) is 5. The molecule has 5 nitrogen and oxygen atoms in total. The molecule has 0 bridgehead atoms. The SMILES string of the molecule is COB(OC)C1=C(C)OC(C)(C)OC1=O. The second-order valence-electron chi connectivity index (χ2n) is 3.66. The second kappa shape index (κ2) is 4.24. The average Bonchev–Trinajstić information content (AvgIpc) is 2.09. The van der Waals surface area contributed by atoms with Crippen molar-refractivity contribution < 1.29 is 23.6 Å². The molecule has 1 heterocycles. The van der Waals surface area contributed by atoms with Crippen LogP contribution in [-0.4, -0.2) is 33.1 Å². The highest BCUT2D eigenvalue weighted by molar-refractivity contribution is 6.60. The van der Waals surface area contributed by atoms with Crippen LogP contribution in [0.3, 0.4) is 0 Å². The van der Waals surface area contributed by atoms with Gasteiger partial charge in [-0.25, -0.2) is 4.79 Å².